The molecular formula is C14H15N3OS. The molecule has 4 nitrogen and oxygen atoms in total. The number of hydrogen-bond acceptors (Lipinski definition) is 5. The average Bonchev–Trinajstić information content (AvgIpc) is 2.95. The topological polar surface area (TPSA) is 57.9 Å². The summed E-state index contributed by atoms with van der Waals surface area (Å²) in [7, 11) is 0. The Morgan fingerprint density at radius 3 is 3.16 bits per heavy atom. The number of anilines is 1. The second-order valence-electron chi connectivity index (χ2n) is 3.96. The van der Waals surface area contributed by atoms with Crippen LogP contribution < -0.4 is 10.1 Å². The highest BCUT2D eigenvalue weighted by molar-refractivity contribution is 7.09. The first kappa shape index (κ1) is 13.4. The summed E-state index contributed by atoms with van der Waals surface area (Å²) in [6.45, 7) is 1.34. The summed E-state index contributed by atoms with van der Waals surface area (Å²) >= 11 is 1.63. The van der Waals surface area contributed by atoms with Crippen molar-refractivity contribution in [2.75, 3.05) is 11.9 Å². The number of rotatable bonds is 7. The van der Waals surface area contributed by atoms with Crippen molar-refractivity contribution >= 4 is 17.0 Å². The molecule has 0 aliphatic carbocycles. The number of thiazole rings is 1. The molecule has 2 rings (SSSR count). The van der Waals surface area contributed by atoms with Crippen molar-refractivity contribution in [1.29, 1.82) is 5.26 Å². The third kappa shape index (κ3) is 4.60. The Morgan fingerprint density at radius 1 is 1.42 bits per heavy atom. The fourth-order valence-electron chi connectivity index (χ4n) is 1.56. The van der Waals surface area contributed by atoms with Gasteiger partial charge in [-0.2, -0.15) is 5.26 Å². The van der Waals surface area contributed by atoms with Crippen LogP contribution in [0.3, 0.4) is 0 Å². The van der Waals surface area contributed by atoms with E-state index in [1.807, 2.05) is 36.0 Å². The molecule has 0 aliphatic rings. The lowest BCUT2D eigenvalue weighted by Gasteiger charge is -2.08. The highest BCUT2D eigenvalue weighted by Crippen LogP contribution is 2.19. The van der Waals surface area contributed by atoms with Gasteiger partial charge in [0.15, 0.2) is 0 Å². The van der Waals surface area contributed by atoms with Gasteiger partial charge in [0, 0.05) is 29.2 Å². The number of unbranched alkanes of at least 4 members (excludes halogenated alkanes) is 1. The fraction of sp³-hybridized carbons (Fsp3) is 0.286. The van der Waals surface area contributed by atoms with E-state index in [0.717, 1.165) is 24.4 Å². The largest absolute Gasteiger partial charge is 0.493 e. The molecule has 19 heavy (non-hydrogen) atoms. The Kier molecular flexibility index (Phi) is 5.20. The van der Waals surface area contributed by atoms with E-state index in [1.165, 1.54) is 4.88 Å². The maximum absolute atomic E-state index is 8.45. The van der Waals surface area contributed by atoms with Gasteiger partial charge in [0.05, 0.1) is 24.7 Å². The van der Waals surface area contributed by atoms with Crippen molar-refractivity contribution in [2.24, 2.45) is 0 Å². The van der Waals surface area contributed by atoms with Crippen molar-refractivity contribution in [3.8, 4) is 11.8 Å². The van der Waals surface area contributed by atoms with Crippen molar-refractivity contribution in [3.05, 3.63) is 40.8 Å². The van der Waals surface area contributed by atoms with Gasteiger partial charge in [0.1, 0.15) is 5.75 Å². The number of nitriles is 1. The van der Waals surface area contributed by atoms with Crippen LogP contribution in [-0.4, -0.2) is 11.6 Å². The molecule has 1 N–H and O–H groups in total. The summed E-state index contributed by atoms with van der Waals surface area (Å²) in [6.07, 6.45) is 3.15. The lowest BCUT2D eigenvalue weighted by Crippen LogP contribution is -1.99. The van der Waals surface area contributed by atoms with Crippen molar-refractivity contribution < 1.29 is 4.74 Å². The first-order valence-corrected chi connectivity index (χ1v) is 6.97. The van der Waals surface area contributed by atoms with Gasteiger partial charge < -0.3 is 10.1 Å². The fourth-order valence-corrected chi connectivity index (χ4v) is 2.09. The third-order valence-electron chi connectivity index (χ3n) is 2.49. The molecule has 0 atom stereocenters. The van der Waals surface area contributed by atoms with Gasteiger partial charge in [0.2, 0.25) is 0 Å². The van der Waals surface area contributed by atoms with Crippen molar-refractivity contribution in [1.82, 2.24) is 4.98 Å². The zero-order chi connectivity index (χ0) is 13.3. The molecule has 0 aliphatic heterocycles. The summed E-state index contributed by atoms with van der Waals surface area (Å²) in [5.74, 6) is 0.826. The SMILES string of the molecule is N#CCCCOc1cccc(NCc2cncs2)c1. The zero-order valence-corrected chi connectivity index (χ0v) is 11.3. The molecule has 0 fully saturated rings. The minimum Gasteiger partial charge on any atom is -0.493 e. The highest BCUT2D eigenvalue weighted by Gasteiger charge is 1.98. The highest BCUT2D eigenvalue weighted by atomic mass is 32.1. The van der Waals surface area contributed by atoms with Crippen LogP contribution in [0.4, 0.5) is 5.69 Å². The van der Waals surface area contributed by atoms with Gasteiger partial charge in [-0.1, -0.05) is 6.07 Å². The molecule has 0 unspecified atom stereocenters. The first-order valence-electron chi connectivity index (χ1n) is 6.09. The molecule has 0 saturated carbocycles. The Morgan fingerprint density at radius 2 is 2.37 bits per heavy atom. The van der Waals surface area contributed by atoms with Crippen LogP contribution in [0.25, 0.3) is 0 Å². The van der Waals surface area contributed by atoms with Crippen molar-refractivity contribution in [3.63, 3.8) is 0 Å². The summed E-state index contributed by atoms with van der Waals surface area (Å²) in [6, 6.07) is 9.95. The van der Waals surface area contributed by atoms with Crippen LogP contribution in [-0.2, 0) is 6.54 Å². The summed E-state index contributed by atoms with van der Waals surface area (Å²) < 4.78 is 5.58. The molecule has 0 amide bonds. The molecule has 1 aromatic heterocycles. The second kappa shape index (κ2) is 7.39. The molecule has 1 aromatic carbocycles. The van der Waals surface area contributed by atoms with E-state index < -0.39 is 0 Å². The average molecular weight is 273 g/mol. The number of hydrogen-bond donors (Lipinski definition) is 1. The Bertz CT molecular complexity index is 534. The lowest BCUT2D eigenvalue weighted by molar-refractivity contribution is 0.313. The molecule has 0 saturated heterocycles. The maximum atomic E-state index is 8.45. The number of nitrogens with one attached hydrogen (secondary N) is 1. The van der Waals surface area contributed by atoms with Gasteiger partial charge in [-0.15, -0.1) is 11.3 Å². The number of benzene rings is 1. The molecule has 2 aromatic rings. The second-order valence-corrected chi connectivity index (χ2v) is 4.93. The van der Waals surface area contributed by atoms with Gasteiger partial charge in [-0.25, -0.2) is 0 Å². The van der Waals surface area contributed by atoms with Gasteiger partial charge in [0.25, 0.3) is 0 Å². The predicted molar refractivity (Wildman–Crippen MR) is 76.2 cm³/mol. The van der Waals surface area contributed by atoms with E-state index in [0.29, 0.717) is 13.0 Å². The quantitative estimate of drug-likeness (QED) is 0.785. The summed E-state index contributed by atoms with van der Waals surface area (Å²) in [5, 5.41) is 11.8. The minimum atomic E-state index is 0.531. The maximum Gasteiger partial charge on any atom is 0.121 e. The molecule has 1 heterocycles. The molecule has 0 spiro atoms. The number of aromatic nitrogens is 1. The zero-order valence-electron chi connectivity index (χ0n) is 10.5. The van der Waals surface area contributed by atoms with Gasteiger partial charge >= 0.3 is 0 Å². The third-order valence-corrected chi connectivity index (χ3v) is 3.27. The van der Waals surface area contributed by atoms with E-state index in [4.69, 9.17) is 10.00 Å². The van der Waals surface area contributed by atoms with Crippen LogP contribution >= 0.6 is 11.3 Å². The Labute approximate surface area is 116 Å². The van der Waals surface area contributed by atoms with Gasteiger partial charge in [-0.3, -0.25) is 4.98 Å². The minimum absolute atomic E-state index is 0.531. The first-order chi connectivity index (χ1) is 9.38. The van der Waals surface area contributed by atoms with Crippen LogP contribution in [0.5, 0.6) is 5.75 Å². The monoisotopic (exact) mass is 273 g/mol. The van der Waals surface area contributed by atoms with Crippen molar-refractivity contribution in [2.45, 2.75) is 19.4 Å². The Balaban J connectivity index is 1.83. The summed E-state index contributed by atoms with van der Waals surface area (Å²) in [5.41, 5.74) is 2.84. The number of nitrogens with zero attached hydrogens (tertiary/aromatic N) is 2. The van der Waals surface area contributed by atoms with E-state index in [-0.39, 0.29) is 0 Å². The summed E-state index contributed by atoms with van der Waals surface area (Å²) in [4.78, 5) is 5.23. The van der Waals surface area contributed by atoms with Gasteiger partial charge in [-0.05, 0) is 18.6 Å². The van der Waals surface area contributed by atoms with E-state index in [1.54, 1.807) is 11.3 Å². The lowest BCUT2D eigenvalue weighted by atomic mass is 10.3. The van der Waals surface area contributed by atoms with E-state index >= 15 is 0 Å². The van der Waals surface area contributed by atoms with E-state index in [9.17, 15) is 0 Å². The van der Waals surface area contributed by atoms with Crippen LogP contribution in [0, 0.1) is 11.3 Å². The molecule has 0 radical (unpaired) electrons. The van der Waals surface area contributed by atoms with Crippen LogP contribution in [0.15, 0.2) is 36.0 Å². The molecule has 5 heteroatoms. The molecule has 98 valence electrons. The smallest absolute Gasteiger partial charge is 0.121 e. The predicted octanol–water partition coefficient (Wildman–Crippen LogP) is 3.44. The normalized spacial score (nSPS) is 9.84. The Hall–Kier alpha value is -2.06. The number of ether oxygens (including phenoxy) is 1. The van der Waals surface area contributed by atoms with Crippen LogP contribution in [0.2, 0.25) is 0 Å². The van der Waals surface area contributed by atoms with Crippen LogP contribution in [0.1, 0.15) is 17.7 Å². The van der Waals surface area contributed by atoms with E-state index in [2.05, 4.69) is 16.4 Å². The standard InChI is InChI=1S/C14H15N3OS/c15-6-1-2-7-18-13-5-3-4-12(8-13)17-10-14-9-16-11-19-14/h3-5,8-9,11,17H,1-2,7,10H2. The molecule has 0 bridgehead atoms. The molecular weight excluding hydrogens is 258 g/mol.